The summed E-state index contributed by atoms with van der Waals surface area (Å²) in [5.41, 5.74) is 0.918. The summed E-state index contributed by atoms with van der Waals surface area (Å²) in [4.78, 5) is 12.4. The zero-order valence-corrected chi connectivity index (χ0v) is 21.1. The molecule has 1 N–H and O–H groups in total. The molecule has 0 unspecified atom stereocenters. The van der Waals surface area contributed by atoms with Gasteiger partial charge in [-0.25, -0.2) is 0 Å². The number of carbonyl (C=O) groups is 1. The summed E-state index contributed by atoms with van der Waals surface area (Å²) in [6, 6.07) is 19.1. The lowest BCUT2D eigenvalue weighted by Gasteiger charge is -2.10. The van der Waals surface area contributed by atoms with E-state index in [0.717, 1.165) is 4.47 Å². The third-order valence-corrected chi connectivity index (χ3v) is 6.68. The van der Waals surface area contributed by atoms with Crippen molar-refractivity contribution >= 4 is 59.6 Å². The Labute approximate surface area is 208 Å². The summed E-state index contributed by atoms with van der Waals surface area (Å²) in [6.07, 6.45) is 1.39. The number of halogens is 2. The Kier molecular flexibility index (Phi) is 7.92. The van der Waals surface area contributed by atoms with E-state index in [1.54, 1.807) is 30.3 Å². The molecule has 1 amide bonds. The standard InChI is InChI=1S/C23H16Br2N2O5S/c1-31-19-7-9-20(10-8-19)33(29,30)32-22-11-2-15(13-21(22)25)12-16(14-26)23(28)27-18-5-3-17(24)4-6-18/h2-13H,1H3,(H,27,28)/b16-12+. The van der Waals surface area contributed by atoms with E-state index in [4.69, 9.17) is 8.92 Å². The molecule has 10 heteroatoms. The maximum absolute atomic E-state index is 12.6. The normalized spacial score (nSPS) is 11.4. The van der Waals surface area contributed by atoms with Crippen molar-refractivity contribution in [1.29, 1.82) is 5.26 Å². The first-order chi connectivity index (χ1) is 15.7. The first kappa shape index (κ1) is 24.5. The van der Waals surface area contributed by atoms with Gasteiger partial charge in [-0.15, -0.1) is 0 Å². The number of hydrogen-bond acceptors (Lipinski definition) is 6. The molecule has 0 aliphatic heterocycles. The van der Waals surface area contributed by atoms with Crippen LogP contribution in [0.1, 0.15) is 5.56 Å². The highest BCUT2D eigenvalue weighted by Crippen LogP contribution is 2.30. The number of benzene rings is 3. The van der Waals surface area contributed by atoms with E-state index in [-0.39, 0.29) is 16.2 Å². The van der Waals surface area contributed by atoms with Gasteiger partial charge < -0.3 is 14.2 Å². The van der Waals surface area contributed by atoms with Crippen LogP contribution in [0.4, 0.5) is 5.69 Å². The topological polar surface area (TPSA) is 105 Å². The SMILES string of the molecule is COc1ccc(S(=O)(=O)Oc2ccc(/C=C(\C#N)C(=O)Nc3ccc(Br)cc3)cc2Br)cc1. The average molecular weight is 592 g/mol. The Balaban J connectivity index is 1.78. The summed E-state index contributed by atoms with van der Waals surface area (Å²) in [6.45, 7) is 0. The minimum Gasteiger partial charge on any atom is -0.497 e. The number of nitrogens with one attached hydrogen (secondary N) is 1. The molecule has 0 bridgehead atoms. The Morgan fingerprint density at radius 3 is 2.27 bits per heavy atom. The number of carbonyl (C=O) groups excluding carboxylic acids is 1. The van der Waals surface area contributed by atoms with Crippen molar-refractivity contribution in [1.82, 2.24) is 0 Å². The summed E-state index contributed by atoms with van der Waals surface area (Å²) in [7, 11) is -2.59. The zero-order valence-electron chi connectivity index (χ0n) is 17.1. The molecule has 3 aromatic carbocycles. The minimum atomic E-state index is -4.07. The number of rotatable bonds is 7. The quantitative estimate of drug-likeness (QED) is 0.220. The summed E-state index contributed by atoms with van der Waals surface area (Å²) < 4.78 is 36.6. The number of amides is 1. The van der Waals surface area contributed by atoms with E-state index in [1.165, 1.54) is 49.6 Å². The molecule has 0 aliphatic carbocycles. The van der Waals surface area contributed by atoms with Crippen LogP contribution in [-0.2, 0) is 14.9 Å². The lowest BCUT2D eigenvalue weighted by molar-refractivity contribution is -0.112. The largest absolute Gasteiger partial charge is 0.497 e. The predicted octanol–water partition coefficient (Wildman–Crippen LogP) is 5.53. The number of nitriles is 1. The van der Waals surface area contributed by atoms with Gasteiger partial charge >= 0.3 is 10.1 Å². The highest BCUT2D eigenvalue weighted by molar-refractivity contribution is 9.10. The number of methoxy groups -OCH3 is 1. The van der Waals surface area contributed by atoms with Crippen molar-refractivity contribution in [2.75, 3.05) is 12.4 Å². The monoisotopic (exact) mass is 590 g/mol. The Hall–Kier alpha value is -3.13. The van der Waals surface area contributed by atoms with Gasteiger partial charge in [-0.1, -0.05) is 22.0 Å². The van der Waals surface area contributed by atoms with Crippen LogP contribution in [0.25, 0.3) is 6.08 Å². The highest BCUT2D eigenvalue weighted by atomic mass is 79.9. The molecule has 0 atom stereocenters. The van der Waals surface area contributed by atoms with Crippen LogP contribution in [0, 0.1) is 11.3 Å². The average Bonchev–Trinajstić information content (AvgIpc) is 2.80. The zero-order chi connectivity index (χ0) is 24.0. The van der Waals surface area contributed by atoms with E-state index in [1.807, 2.05) is 6.07 Å². The van der Waals surface area contributed by atoms with Crippen LogP contribution in [0.5, 0.6) is 11.5 Å². The van der Waals surface area contributed by atoms with Crippen LogP contribution in [0.15, 0.2) is 86.1 Å². The molecule has 0 saturated carbocycles. The molecule has 0 spiro atoms. The number of hydrogen-bond donors (Lipinski definition) is 1. The van der Waals surface area contributed by atoms with Gasteiger partial charge in [0.25, 0.3) is 5.91 Å². The molecule has 0 radical (unpaired) electrons. The van der Waals surface area contributed by atoms with Gasteiger partial charge in [-0.2, -0.15) is 13.7 Å². The van der Waals surface area contributed by atoms with Gasteiger partial charge in [0.05, 0.1) is 11.6 Å². The predicted molar refractivity (Wildman–Crippen MR) is 131 cm³/mol. The first-order valence-corrected chi connectivity index (χ1v) is 12.3. The molecular formula is C23H16Br2N2O5S. The molecule has 0 aliphatic rings. The van der Waals surface area contributed by atoms with Crippen LogP contribution < -0.4 is 14.2 Å². The molecule has 168 valence electrons. The minimum absolute atomic E-state index is 0.0319. The fourth-order valence-electron chi connectivity index (χ4n) is 2.63. The molecule has 7 nitrogen and oxygen atoms in total. The third-order valence-electron chi connectivity index (χ3n) is 4.28. The number of nitrogens with zero attached hydrogens (tertiary/aromatic N) is 1. The smallest absolute Gasteiger partial charge is 0.339 e. The molecule has 33 heavy (non-hydrogen) atoms. The molecule has 3 aromatic rings. The van der Waals surface area contributed by atoms with Crippen molar-refractivity contribution in [3.63, 3.8) is 0 Å². The van der Waals surface area contributed by atoms with Crippen molar-refractivity contribution in [3.8, 4) is 17.6 Å². The highest BCUT2D eigenvalue weighted by Gasteiger charge is 2.19. The molecule has 0 saturated heterocycles. The third kappa shape index (κ3) is 6.44. The van der Waals surface area contributed by atoms with Crippen molar-refractivity contribution < 1.29 is 22.1 Å². The molecule has 0 aromatic heterocycles. The van der Waals surface area contributed by atoms with E-state index in [9.17, 15) is 18.5 Å². The van der Waals surface area contributed by atoms with Crippen molar-refractivity contribution in [3.05, 3.63) is 86.8 Å². The fourth-order valence-corrected chi connectivity index (χ4v) is 4.43. The number of anilines is 1. The van der Waals surface area contributed by atoms with Gasteiger partial charge in [0.15, 0.2) is 5.75 Å². The maximum Gasteiger partial charge on any atom is 0.339 e. The second-order valence-electron chi connectivity index (χ2n) is 6.53. The van der Waals surface area contributed by atoms with E-state index >= 15 is 0 Å². The lowest BCUT2D eigenvalue weighted by Crippen LogP contribution is -2.13. The summed E-state index contributed by atoms with van der Waals surface area (Å²) >= 11 is 6.59. The van der Waals surface area contributed by atoms with Gasteiger partial charge in [0, 0.05) is 10.2 Å². The Bertz CT molecular complexity index is 1350. The fraction of sp³-hybridized carbons (Fsp3) is 0.0435. The van der Waals surface area contributed by atoms with Crippen molar-refractivity contribution in [2.45, 2.75) is 4.90 Å². The van der Waals surface area contributed by atoms with Gasteiger partial charge in [0.1, 0.15) is 22.3 Å². The van der Waals surface area contributed by atoms with Gasteiger partial charge in [-0.3, -0.25) is 4.79 Å². The first-order valence-electron chi connectivity index (χ1n) is 9.28. The van der Waals surface area contributed by atoms with E-state index in [0.29, 0.717) is 21.5 Å². The number of ether oxygens (including phenoxy) is 1. The Morgan fingerprint density at radius 2 is 1.70 bits per heavy atom. The van der Waals surface area contributed by atoms with E-state index < -0.39 is 16.0 Å². The molecule has 0 heterocycles. The van der Waals surface area contributed by atoms with Gasteiger partial charge in [-0.05, 0) is 88.2 Å². The summed E-state index contributed by atoms with van der Waals surface area (Å²) in [5, 5.41) is 12.1. The molecule has 0 fully saturated rings. The van der Waals surface area contributed by atoms with Crippen LogP contribution in [-0.4, -0.2) is 21.4 Å². The summed E-state index contributed by atoms with van der Waals surface area (Å²) in [5.74, 6) is 0.00267. The maximum atomic E-state index is 12.6. The van der Waals surface area contributed by atoms with Crippen LogP contribution in [0.3, 0.4) is 0 Å². The lowest BCUT2D eigenvalue weighted by atomic mass is 10.1. The second kappa shape index (κ2) is 10.7. The second-order valence-corrected chi connectivity index (χ2v) is 9.85. The van der Waals surface area contributed by atoms with Crippen molar-refractivity contribution in [2.24, 2.45) is 0 Å². The van der Waals surface area contributed by atoms with Crippen LogP contribution in [0.2, 0.25) is 0 Å². The van der Waals surface area contributed by atoms with Crippen LogP contribution >= 0.6 is 31.9 Å². The van der Waals surface area contributed by atoms with E-state index in [2.05, 4.69) is 37.2 Å². The van der Waals surface area contributed by atoms with Gasteiger partial charge in [0.2, 0.25) is 0 Å². The molecule has 3 rings (SSSR count). The molecular weight excluding hydrogens is 576 g/mol. The Morgan fingerprint density at radius 1 is 1.03 bits per heavy atom.